The molecule has 0 aliphatic carbocycles. The number of aromatic nitrogens is 1. The summed E-state index contributed by atoms with van der Waals surface area (Å²) in [5, 5.41) is 3.39. The lowest BCUT2D eigenvalue weighted by Gasteiger charge is -2.20. The van der Waals surface area contributed by atoms with Crippen molar-refractivity contribution in [3.05, 3.63) is 21.9 Å². The van der Waals surface area contributed by atoms with E-state index in [1.165, 1.54) is 9.99 Å². The van der Waals surface area contributed by atoms with Crippen molar-refractivity contribution in [2.24, 2.45) is 0 Å². The van der Waals surface area contributed by atoms with E-state index in [0.717, 1.165) is 32.0 Å². The molecule has 4 heteroatoms. The van der Waals surface area contributed by atoms with Gasteiger partial charge in [0.15, 0.2) is 0 Å². The van der Waals surface area contributed by atoms with Crippen LogP contribution in [0.1, 0.15) is 6.42 Å². The van der Waals surface area contributed by atoms with Gasteiger partial charge in [-0.3, -0.25) is 0 Å². The molecule has 2 rings (SSSR count). The van der Waals surface area contributed by atoms with Crippen molar-refractivity contribution in [3.8, 4) is 0 Å². The van der Waals surface area contributed by atoms with Crippen molar-refractivity contribution < 1.29 is 0 Å². The number of halogens is 1. The second-order valence-corrected chi connectivity index (χ2v) is 4.67. The van der Waals surface area contributed by atoms with Gasteiger partial charge in [-0.05, 0) is 47.7 Å². The minimum Gasteiger partial charge on any atom is -0.355 e. The first kappa shape index (κ1) is 10.2. The maximum absolute atomic E-state index is 4.43. The van der Waals surface area contributed by atoms with Crippen LogP contribution in [0, 0.1) is 3.57 Å². The first-order valence-corrected chi connectivity index (χ1v) is 6.01. The highest BCUT2D eigenvalue weighted by molar-refractivity contribution is 14.1. The van der Waals surface area contributed by atoms with Crippen molar-refractivity contribution in [3.63, 3.8) is 0 Å². The summed E-state index contributed by atoms with van der Waals surface area (Å²) < 4.78 is 1.19. The normalized spacial score (nSPS) is 17.9. The number of anilines is 1. The fourth-order valence-corrected chi connectivity index (χ4v) is 1.95. The van der Waals surface area contributed by atoms with Crippen LogP contribution < -0.4 is 10.2 Å². The smallest absolute Gasteiger partial charge is 0.128 e. The molecule has 1 aliphatic rings. The molecule has 14 heavy (non-hydrogen) atoms. The lowest BCUT2D eigenvalue weighted by molar-refractivity contribution is 0.724. The molecular formula is C10H14IN3. The van der Waals surface area contributed by atoms with E-state index in [1.807, 2.05) is 6.20 Å². The van der Waals surface area contributed by atoms with Crippen LogP contribution in [0.2, 0.25) is 0 Å². The number of hydrogen-bond acceptors (Lipinski definition) is 3. The summed E-state index contributed by atoms with van der Waals surface area (Å²) in [7, 11) is 0. The van der Waals surface area contributed by atoms with Gasteiger partial charge >= 0.3 is 0 Å². The van der Waals surface area contributed by atoms with Gasteiger partial charge in [-0.15, -0.1) is 0 Å². The molecule has 1 aliphatic heterocycles. The molecule has 1 N–H and O–H groups in total. The fraction of sp³-hybridized carbons (Fsp3) is 0.500. The summed E-state index contributed by atoms with van der Waals surface area (Å²) in [5.41, 5.74) is 0. The van der Waals surface area contributed by atoms with Crippen molar-refractivity contribution in [2.45, 2.75) is 6.42 Å². The molecule has 0 saturated carbocycles. The fourth-order valence-electron chi connectivity index (χ4n) is 1.63. The van der Waals surface area contributed by atoms with E-state index in [1.54, 1.807) is 0 Å². The van der Waals surface area contributed by atoms with Crippen molar-refractivity contribution >= 4 is 28.4 Å². The summed E-state index contributed by atoms with van der Waals surface area (Å²) >= 11 is 2.28. The van der Waals surface area contributed by atoms with Gasteiger partial charge in [0.05, 0.1) is 0 Å². The SMILES string of the molecule is Ic1ccc(N2CCCNCC2)nc1. The first-order valence-electron chi connectivity index (χ1n) is 4.93. The number of nitrogens with one attached hydrogen (secondary N) is 1. The molecule has 0 aromatic carbocycles. The highest BCUT2D eigenvalue weighted by atomic mass is 127. The maximum atomic E-state index is 4.43. The van der Waals surface area contributed by atoms with Crippen LogP contribution in [0.25, 0.3) is 0 Å². The van der Waals surface area contributed by atoms with Crippen molar-refractivity contribution in [1.82, 2.24) is 10.3 Å². The molecule has 3 nitrogen and oxygen atoms in total. The molecular weight excluding hydrogens is 289 g/mol. The van der Waals surface area contributed by atoms with E-state index in [2.05, 4.69) is 49.9 Å². The zero-order chi connectivity index (χ0) is 9.80. The molecule has 0 spiro atoms. The van der Waals surface area contributed by atoms with E-state index >= 15 is 0 Å². The lowest BCUT2D eigenvalue weighted by Crippen LogP contribution is -2.28. The Balaban J connectivity index is 2.08. The number of pyridine rings is 1. The number of hydrogen-bond donors (Lipinski definition) is 1. The first-order chi connectivity index (χ1) is 6.86. The molecule has 0 amide bonds. The average Bonchev–Trinajstić information content (AvgIpc) is 2.47. The van der Waals surface area contributed by atoms with Gasteiger partial charge < -0.3 is 10.2 Å². The minimum atomic E-state index is 1.06. The standard InChI is InChI=1S/C10H14IN3/c11-9-2-3-10(13-8-9)14-6-1-4-12-5-7-14/h2-3,8,12H,1,4-7H2. The second-order valence-electron chi connectivity index (χ2n) is 3.43. The molecule has 76 valence electrons. The number of rotatable bonds is 1. The highest BCUT2D eigenvalue weighted by Gasteiger charge is 2.09. The van der Waals surface area contributed by atoms with Crippen molar-refractivity contribution in [2.75, 3.05) is 31.1 Å². The predicted octanol–water partition coefficient (Wildman–Crippen LogP) is 1.49. The quantitative estimate of drug-likeness (QED) is 0.797. The minimum absolute atomic E-state index is 1.06. The molecule has 1 fully saturated rings. The Morgan fingerprint density at radius 1 is 1.29 bits per heavy atom. The topological polar surface area (TPSA) is 28.2 Å². The Bertz CT molecular complexity index is 278. The Hall–Kier alpha value is -0.360. The van der Waals surface area contributed by atoms with Crippen LogP contribution >= 0.6 is 22.6 Å². The summed E-state index contributed by atoms with van der Waals surface area (Å²) in [6, 6.07) is 4.22. The predicted molar refractivity (Wildman–Crippen MR) is 66.7 cm³/mol. The van der Waals surface area contributed by atoms with Crippen molar-refractivity contribution in [1.29, 1.82) is 0 Å². The zero-order valence-electron chi connectivity index (χ0n) is 8.04. The highest BCUT2D eigenvalue weighted by Crippen LogP contribution is 2.13. The molecule has 0 atom stereocenters. The Morgan fingerprint density at radius 2 is 2.21 bits per heavy atom. The monoisotopic (exact) mass is 303 g/mol. The van der Waals surface area contributed by atoms with E-state index < -0.39 is 0 Å². The lowest BCUT2D eigenvalue weighted by atomic mass is 10.3. The van der Waals surface area contributed by atoms with Crippen LogP contribution in [0.4, 0.5) is 5.82 Å². The van der Waals surface area contributed by atoms with Crippen LogP contribution in [-0.2, 0) is 0 Å². The van der Waals surface area contributed by atoms with Crippen LogP contribution in [0.3, 0.4) is 0 Å². The van der Waals surface area contributed by atoms with Gasteiger partial charge in [0.25, 0.3) is 0 Å². The van der Waals surface area contributed by atoms with Gasteiger partial charge in [-0.1, -0.05) is 0 Å². The second kappa shape index (κ2) is 4.93. The Kier molecular flexibility index (Phi) is 3.58. The number of nitrogens with zero attached hydrogens (tertiary/aromatic N) is 2. The van der Waals surface area contributed by atoms with Gasteiger partial charge in [0, 0.05) is 29.4 Å². The van der Waals surface area contributed by atoms with Crippen LogP contribution in [-0.4, -0.2) is 31.2 Å². The zero-order valence-corrected chi connectivity index (χ0v) is 10.2. The molecule has 2 heterocycles. The van der Waals surface area contributed by atoms with Crippen LogP contribution in [0.5, 0.6) is 0 Å². The van der Waals surface area contributed by atoms with E-state index in [4.69, 9.17) is 0 Å². The van der Waals surface area contributed by atoms with Gasteiger partial charge in [-0.2, -0.15) is 0 Å². The van der Waals surface area contributed by atoms with E-state index in [9.17, 15) is 0 Å². The Morgan fingerprint density at radius 3 is 3.00 bits per heavy atom. The molecule has 0 bridgehead atoms. The summed E-state index contributed by atoms with van der Waals surface area (Å²) in [4.78, 5) is 6.78. The largest absolute Gasteiger partial charge is 0.355 e. The van der Waals surface area contributed by atoms with E-state index in [-0.39, 0.29) is 0 Å². The van der Waals surface area contributed by atoms with Gasteiger partial charge in [0.1, 0.15) is 5.82 Å². The Labute approximate surface area is 98.0 Å². The molecule has 1 aromatic rings. The van der Waals surface area contributed by atoms with Gasteiger partial charge in [-0.25, -0.2) is 4.98 Å². The summed E-state index contributed by atoms with van der Waals surface area (Å²) in [5.74, 6) is 1.11. The summed E-state index contributed by atoms with van der Waals surface area (Å²) in [6.07, 6.45) is 3.13. The maximum Gasteiger partial charge on any atom is 0.128 e. The third-order valence-electron chi connectivity index (χ3n) is 2.38. The molecule has 0 radical (unpaired) electrons. The molecule has 1 saturated heterocycles. The molecule has 1 aromatic heterocycles. The average molecular weight is 303 g/mol. The summed E-state index contributed by atoms with van der Waals surface area (Å²) in [6.45, 7) is 4.36. The van der Waals surface area contributed by atoms with Crippen LogP contribution in [0.15, 0.2) is 18.3 Å². The van der Waals surface area contributed by atoms with Gasteiger partial charge in [0.2, 0.25) is 0 Å². The molecule has 0 unspecified atom stereocenters. The van der Waals surface area contributed by atoms with E-state index in [0.29, 0.717) is 0 Å². The third-order valence-corrected chi connectivity index (χ3v) is 3.01. The third kappa shape index (κ3) is 2.57.